The molecule has 2 saturated heterocycles. The quantitative estimate of drug-likeness (QED) is 0.0278. The monoisotopic (exact) mass is 1180 g/mol. The van der Waals surface area contributed by atoms with Gasteiger partial charge in [0.1, 0.15) is 60.4 Å². The van der Waals surface area contributed by atoms with E-state index in [4.69, 9.17) is 5.73 Å². The summed E-state index contributed by atoms with van der Waals surface area (Å²) in [5, 5.41) is 57.9. The van der Waals surface area contributed by atoms with Crippen molar-refractivity contribution in [3.8, 4) is 0 Å². The van der Waals surface area contributed by atoms with Crippen LogP contribution in [0.4, 0.5) is 0 Å². The summed E-state index contributed by atoms with van der Waals surface area (Å²) in [6, 6.07) is -5.18. The minimum absolute atomic E-state index is 0.0457. The number of aromatic nitrogens is 4. The van der Waals surface area contributed by atoms with E-state index in [2.05, 4.69) is 62.5 Å². The van der Waals surface area contributed by atoms with Crippen molar-refractivity contribution in [3.63, 3.8) is 0 Å². The molecule has 5 rings (SSSR count). The molecule has 3 aromatic rings. The van der Waals surface area contributed by atoms with Crippen LogP contribution in [0.5, 0.6) is 0 Å². The highest BCUT2D eigenvalue weighted by Crippen LogP contribution is 2.22. The van der Waals surface area contributed by atoms with Crippen molar-refractivity contribution in [2.45, 2.75) is 145 Å². The predicted molar refractivity (Wildman–Crippen MR) is 293 cm³/mol. The molecule has 458 valence electrons. The number of imidazole rings is 2. The number of aliphatic carboxylic acids is 2. The number of hydrogen-bond donors (Lipinski definition) is 15. The number of amides is 10. The fourth-order valence-corrected chi connectivity index (χ4v) is 9.46. The SMILES string of the molecule is CC[C@H](C)[C@H](NC(=O)CNC(=O)[C@@H]1CCCN1C(=O)[C@H](Cc1c[nH]cn1)NC(=O)[C@H](Cc1c[nH]cn1)NC(=O)[C@@H](N)CO)C(=O)N[C@@H](C)C(=O)N[C@@H](CCC(=O)O)C(=O)N[C@@H](Cc1ccccc1)C(=O)N1CCC[C@H]1C(=O)N[C@@H](CO)C(=O)O. The fourth-order valence-electron chi connectivity index (χ4n) is 9.46. The van der Waals surface area contributed by atoms with Crippen LogP contribution in [0.1, 0.15) is 82.7 Å². The Morgan fingerprint density at radius 2 is 1.17 bits per heavy atom. The maximum absolute atomic E-state index is 14.3. The minimum atomic E-state index is -1.65. The van der Waals surface area contributed by atoms with E-state index in [1.165, 1.54) is 41.8 Å². The first-order valence-electron chi connectivity index (χ1n) is 27.5. The topological polar surface area (TPSA) is 472 Å². The van der Waals surface area contributed by atoms with Crippen LogP contribution >= 0.6 is 0 Å². The van der Waals surface area contributed by atoms with Gasteiger partial charge in [-0.1, -0.05) is 50.6 Å². The molecule has 4 heterocycles. The van der Waals surface area contributed by atoms with Gasteiger partial charge in [-0.25, -0.2) is 14.8 Å². The van der Waals surface area contributed by atoms with E-state index in [9.17, 15) is 78.0 Å². The Balaban J connectivity index is 1.22. The lowest BCUT2D eigenvalue weighted by molar-refractivity contribution is -0.146. The molecule has 2 aliphatic heterocycles. The number of nitrogens with two attached hydrogens (primary N) is 1. The molecular weight excluding hydrogens is 1100 g/mol. The molecule has 0 saturated carbocycles. The van der Waals surface area contributed by atoms with Crippen LogP contribution < -0.4 is 48.3 Å². The van der Waals surface area contributed by atoms with Crippen molar-refractivity contribution in [1.82, 2.24) is 72.3 Å². The number of H-pyrrole nitrogens is 2. The average Bonchev–Trinajstić information content (AvgIpc) is 4.07. The lowest BCUT2D eigenvalue weighted by atomic mass is 9.98. The Hall–Kier alpha value is -8.84. The zero-order chi connectivity index (χ0) is 61.6. The zero-order valence-electron chi connectivity index (χ0n) is 46.7. The van der Waals surface area contributed by atoms with Gasteiger partial charge in [-0.05, 0) is 50.5 Å². The van der Waals surface area contributed by atoms with Gasteiger partial charge < -0.3 is 88.5 Å². The summed E-state index contributed by atoms with van der Waals surface area (Å²) < 4.78 is 0. The van der Waals surface area contributed by atoms with E-state index in [1.54, 1.807) is 44.2 Å². The van der Waals surface area contributed by atoms with Crippen molar-refractivity contribution >= 4 is 71.0 Å². The molecule has 0 aliphatic carbocycles. The molecule has 2 fully saturated rings. The highest BCUT2D eigenvalue weighted by molar-refractivity contribution is 5.99. The summed E-state index contributed by atoms with van der Waals surface area (Å²) >= 11 is 0. The summed E-state index contributed by atoms with van der Waals surface area (Å²) in [4.78, 5) is 177. The van der Waals surface area contributed by atoms with E-state index < -0.39 is 170 Å². The van der Waals surface area contributed by atoms with Crippen molar-refractivity contribution < 1.29 is 78.0 Å². The maximum atomic E-state index is 14.3. The second-order valence-corrected chi connectivity index (χ2v) is 20.5. The number of aromatic amines is 2. The molecule has 2 aliphatic rings. The summed E-state index contributed by atoms with van der Waals surface area (Å²) in [6.07, 6.45) is 5.57. The van der Waals surface area contributed by atoms with Crippen LogP contribution in [-0.4, -0.2) is 214 Å². The molecule has 0 radical (unpaired) electrons. The molecule has 0 bridgehead atoms. The predicted octanol–water partition coefficient (Wildman–Crippen LogP) is -5.02. The molecule has 84 heavy (non-hydrogen) atoms. The summed E-state index contributed by atoms with van der Waals surface area (Å²) in [5.74, 6) is -11.7. The normalized spacial score (nSPS) is 18.0. The van der Waals surface area contributed by atoms with E-state index in [0.29, 0.717) is 36.2 Å². The molecule has 10 amide bonds. The fraction of sp³-hybridized carbons (Fsp3) is 0.547. The number of carbonyl (C=O) groups excluding carboxylic acids is 10. The van der Waals surface area contributed by atoms with Crippen molar-refractivity contribution in [3.05, 3.63) is 72.3 Å². The van der Waals surface area contributed by atoms with Crippen LogP contribution in [0.25, 0.3) is 0 Å². The third-order valence-electron chi connectivity index (χ3n) is 14.4. The van der Waals surface area contributed by atoms with Gasteiger partial charge in [0.15, 0.2) is 0 Å². The third-order valence-corrected chi connectivity index (χ3v) is 14.4. The highest BCUT2D eigenvalue weighted by Gasteiger charge is 2.42. The van der Waals surface area contributed by atoms with Crippen molar-refractivity contribution in [1.29, 1.82) is 0 Å². The van der Waals surface area contributed by atoms with E-state index in [-0.39, 0.29) is 45.2 Å². The first-order valence-corrected chi connectivity index (χ1v) is 27.5. The summed E-state index contributed by atoms with van der Waals surface area (Å²) in [7, 11) is 0. The number of carbonyl (C=O) groups is 12. The lowest BCUT2D eigenvalue weighted by Gasteiger charge is -2.30. The van der Waals surface area contributed by atoms with E-state index in [0.717, 1.165) is 0 Å². The van der Waals surface area contributed by atoms with Crippen molar-refractivity contribution in [2.24, 2.45) is 11.7 Å². The van der Waals surface area contributed by atoms with Gasteiger partial charge in [0.05, 0.1) is 43.8 Å². The van der Waals surface area contributed by atoms with Gasteiger partial charge in [-0.15, -0.1) is 0 Å². The first kappa shape index (κ1) is 66.0. The highest BCUT2D eigenvalue weighted by atomic mass is 16.4. The number of carboxylic acids is 2. The smallest absolute Gasteiger partial charge is 0.328 e. The van der Waals surface area contributed by atoms with E-state index in [1.807, 2.05) is 0 Å². The standard InChI is InChI=1S/C53H75N15O16/c1-4-28(2)43(66-41(71)23-57-48(78)39-12-8-16-67(39)52(82)37(20-32-22-56-27-59-32)64-47(77)35(19-31-21-55-26-58-31)62-45(75)33(54)24-69)50(80)60-29(3)44(74)61-34(14-15-42(72)73)46(76)63-36(18-30-10-6-5-7-11-30)51(81)68-17-9-13-40(68)49(79)65-38(25-70)53(83)84/h5-7,10-11,21-22,26-29,33-40,43,69-70H,4,8-9,12-20,23-25,54H2,1-3H3,(H,55,58)(H,56,59)(H,57,78)(H,60,80)(H,61,74)(H,62,75)(H,63,76)(H,64,77)(H,65,79)(H,66,71)(H,72,73)(H,83,84)/t28-,29-,33-,34-,35-,36-,37-,38-,39-,40-,43-/m0/s1. The van der Waals surface area contributed by atoms with Gasteiger partial charge in [-0.2, -0.15) is 0 Å². The summed E-state index contributed by atoms with van der Waals surface area (Å²) in [5.41, 5.74) is 7.02. The van der Waals surface area contributed by atoms with Crippen LogP contribution in [0, 0.1) is 5.92 Å². The Morgan fingerprint density at radius 3 is 1.69 bits per heavy atom. The van der Waals surface area contributed by atoms with Gasteiger partial charge in [0.2, 0.25) is 59.1 Å². The molecule has 16 N–H and O–H groups in total. The average molecular weight is 1180 g/mol. The molecule has 1 aromatic carbocycles. The van der Waals surface area contributed by atoms with Crippen LogP contribution in [0.2, 0.25) is 0 Å². The zero-order valence-corrected chi connectivity index (χ0v) is 46.7. The summed E-state index contributed by atoms with van der Waals surface area (Å²) in [6.45, 7) is 2.48. The first-order chi connectivity index (χ1) is 40.0. The van der Waals surface area contributed by atoms with Crippen molar-refractivity contribution in [2.75, 3.05) is 32.8 Å². The Labute approximate surface area is 482 Å². The molecule has 11 atom stereocenters. The van der Waals surface area contributed by atoms with Gasteiger partial charge in [0.25, 0.3) is 0 Å². The number of aliphatic hydroxyl groups is 2. The number of rotatable bonds is 32. The molecule has 2 aromatic heterocycles. The Morgan fingerprint density at radius 1 is 0.631 bits per heavy atom. The number of likely N-dealkylation sites (tertiary alicyclic amines) is 2. The molecule has 31 heteroatoms. The van der Waals surface area contributed by atoms with Gasteiger partial charge >= 0.3 is 11.9 Å². The number of hydrogen-bond acceptors (Lipinski definition) is 17. The van der Waals surface area contributed by atoms with Crippen LogP contribution in [0.3, 0.4) is 0 Å². The maximum Gasteiger partial charge on any atom is 0.328 e. The van der Waals surface area contributed by atoms with E-state index >= 15 is 0 Å². The molecule has 0 spiro atoms. The van der Waals surface area contributed by atoms with Crippen LogP contribution in [-0.2, 0) is 76.8 Å². The Bertz CT molecular complexity index is 2770. The largest absolute Gasteiger partial charge is 0.481 e. The number of benzene rings is 1. The van der Waals surface area contributed by atoms with Gasteiger partial charge in [0, 0.05) is 51.2 Å². The molecule has 0 unspecified atom stereocenters. The molecular formula is C53H75N15O16. The van der Waals surface area contributed by atoms with Gasteiger partial charge in [-0.3, -0.25) is 52.7 Å². The number of nitrogens with zero attached hydrogens (tertiary/aromatic N) is 4. The van der Waals surface area contributed by atoms with Crippen LogP contribution in [0.15, 0.2) is 55.4 Å². The third kappa shape index (κ3) is 19.1. The Kier molecular flexibility index (Phi) is 25.2. The molecule has 31 nitrogen and oxygen atoms in total. The minimum Gasteiger partial charge on any atom is -0.481 e. The number of carboxylic acid groups (broad SMARTS) is 2. The second-order valence-electron chi connectivity index (χ2n) is 20.5. The second kappa shape index (κ2) is 32.1. The number of nitrogens with one attached hydrogen (secondary N) is 10. The lowest BCUT2D eigenvalue weighted by Crippen LogP contribution is -2.60. The number of aliphatic hydroxyl groups excluding tert-OH is 2.